The van der Waals surface area contributed by atoms with E-state index in [1.165, 1.54) is 33.5 Å². The van der Waals surface area contributed by atoms with Gasteiger partial charge in [-0.25, -0.2) is 13.2 Å². The lowest BCUT2D eigenvalue weighted by Crippen LogP contribution is -2.57. The van der Waals surface area contributed by atoms with Crippen molar-refractivity contribution in [3.63, 3.8) is 0 Å². The van der Waals surface area contributed by atoms with E-state index in [9.17, 15) is 23.4 Å². The van der Waals surface area contributed by atoms with Gasteiger partial charge in [0.2, 0.25) is 10.0 Å². The molecule has 2 aromatic carbocycles. The van der Waals surface area contributed by atoms with Crippen molar-refractivity contribution < 1.29 is 38.0 Å². The lowest BCUT2D eigenvalue weighted by Gasteiger charge is -2.39. The number of hydrogen-bond donors (Lipinski definition) is 4. The molecule has 2 aliphatic heterocycles. The molecule has 0 aromatic heterocycles. The topological polar surface area (TPSA) is 163 Å². The summed E-state index contributed by atoms with van der Waals surface area (Å²) in [5, 5.41) is 29.6. The zero-order valence-electron chi connectivity index (χ0n) is 23.9. The van der Waals surface area contributed by atoms with E-state index in [2.05, 4.69) is 0 Å². The number of carbonyl (C=O) groups is 1. The maximum absolute atomic E-state index is 13.6. The fraction of sp³-hybridized carbons (Fsp3) is 0.552. The van der Waals surface area contributed by atoms with E-state index < -0.39 is 40.6 Å². The minimum absolute atomic E-state index is 0.0338. The summed E-state index contributed by atoms with van der Waals surface area (Å²) in [6, 6.07) is 13.8. The predicted octanol–water partition coefficient (Wildman–Crippen LogP) is 2.63. The van der Waals surface area contributed by atoms with Gasteiger partial charge in [0, 0.05) is 31.3 Å². The lowest BCUT2D eigenvalue weighted by molar-refractivity contribution is -0.0906. The van der Waals surface area contributed by atoms with Crippen molar-refractivity contribution in [2.45, 2.75) is 63.0 Å². The van der Waals surface area contributed by atoms with Gasteiger partial charge in [0.1, 0.15) is 0 Å². The number of nitrogens with two attached hydrogens (primary N) is 1. The first-order valence-electron chi connectivity index (χ1n) is 13.9. The second kappa shape index (κ2) is 14.9. The van der Waals surface area contributed by atoms with Crippen LogP contribution in [0, 0.1) is 11.8 Å². The Balaban J connectivity index is 0.00000147. The monoisotopic (exact) mass is 593 g/mol. The number of rotatable bonds is 11. The Morgan fingerprint density at radius 1 is 1.07 bits per heavy atom. The molecule has 1 amide bonds. The molecule has 0 unspecified atom stereocenters. The first-order chi connectivity index (χ1) is 19.5. The van der Waals surface area contributed by atoms with Crippen LogP contribution in [0.3, 0.4) is 0 Å². The van der Waals surface area contributed by atoms with Gasteiger partial charge in [0.25, 0.3) is 0 Å². The number of carboxylic acid groups (broad SMARTS) is 1. The van der Waals surface area contributed by atoms with Crippen LogP contribution in [-0.2, 0) is 25.9 Å². The van der Waals surface area contributed by atoms with Gasteiger partial charge >= 0.3 is 6.09 Å². The summed E-state index contributed by atoms with van der Waals surface area (Å²) in [6.45, 7) is 6.22. The standard InChI is InChI=1S/C27H37N3O7S.C2H6O/c1-18(2)15-29(38(34,35)21-10-8-20(28)9-11-21)16-25(31)23(14-19-6-4-3-5-7-19)30(27(32)33)24-17-37-26-22(24)12-13-36-26;1-2-3/h3-11,18,22-26,31H,12-17,28H2,1-2H3,(H,32,33);3H,2H2,1H3/t22-,23-,24-,25+,26+;/m0./s1. The van der Waals surface area contributed by atoms with Crippen LogP contribution in [0.4, 0.5) is 10.5 Å². The molecule has 11 nitrogen and oxygen atoms in total. The largest absolute Gasteiger partial charge is 0.465 e. The van der Waals surface area contributed by atoms with Crippen LogP contribution >= 0.6 is 0 Å². The van der Waals surface area contributed by atoms with Crippen LogP contribution in [0.2, 0.25) is 0 Å². The molecule has 0 radical (unpaired) electrons. The van der Waals surface area contributed by atoms with E-state index in [-0.39, 0.29) is 49.5 Å². The summed E-state index contributed by atoms with van der Waals surface area (Å²) in [7, 11) is -3.99. The number of amides is 1. The van der Waals surface area contributed by atoms with Gasteiger partial charge in [-0.3, -0.25) is 4.90 Å². The Kier molecular flexibility index (Phi) is 11.9. The molecule has 2 aromatic rings. The predicted molar refractivity (Wildman–Crippen MR) is 155 cm³/mol. The zero-order chi connectivity index (χ0) is 30.2. The third-order valence-corrected chi connectivity index (χ3v) is 9.00. The summed E-state index contributed by atoms with van der Waals surface area (Å²) in [5.74, 6) is -0.185. The number of benzene rings is 2. The molecule has 12 heteroatoms. The summed E-state index contributed by atoms with van der Waals surface area (Å²) in [6.07, 6.45) is -2.11. The number of fused-ring (bicyclic) bond motifs is 1. The molecular weight excluding hydrogens is 550 g/mol. The van der Waals surface area contributed by atoms with E-state index in [1.54, 1.807) is 6.92 Å². The highest BCUT2D eigenvalue weighted by molar-refractivity contribution is 7.89. The van der Waals surface area contributed by atoms with Crippen LogP contribution in [0.5, 0.6) is 0 Å². The zero-order valence-corrected chi connectivity index (χ0v) is 24.7. The maximum Gasteiger partial charge on any atom is 0.407 e. The van der Waals surface area contributed by atoms with Gasteiger partial charge < -0.3 is 30.5 Å². The molecule has 2 aliphatic rings. The molecular formula is C29H43N3O8S. The van der Waals surface area contributed by atoms with Gasteiger partial charge in [-0.15, -0.1) is 0 Å². The van der Waals surface area contributed by atoms with Crippen LogP contribution in [0.25, 0.3) is 0 Å². The summed E-state index contributed by atoms with van der Waals surface area (Å²) in [4.78, 5) is 14.0. The quantitative estimate of drug-likeness (QED) is 0.287. The van der Waals surface area contributed by atoms with Crippen molar-refractivity contribution in [3.05, 3.63) is 60.2 Å². The molecule has 5 N–H and O–H groups in total. The van der Waals surface area contributed by atoms with Gasteiger partial charge in [0.05, 0.1) is 36.3 Å². The van der Waals surface area contributed by atoms with Gasteiger partial charge in [-0.05, 0) is 55.5 Å². The number of anilines is 1. The molecule has 2 heterocycles. The second-order valence-corrected chi connectivity index (χ2v) is 12.6. The average molecular weight is 594 g/mol. The molecule has 0 spiro atoms. The van der Waals surface area contributed by atoms with E-state index in [0.717, 1.165) is 5.56 Å². The first-order valence-corrected chi connectivity index (χ1v) is 15.4. The van der Waals surface area contributed by atoms with E-state index in [4.69, 9.17) is 20.3 Å². The van der Waals surface area contributed by atoms with Crippen molar-refractivity contribution in [1.82, 2.24) is 9.21 Å². The van der Waals surface area contributed by atoms with E-state index in [1.807, 2.05) is 44.2 Å². The molecule has 0 aliphatic carbocycles. The highest BCUT2D eigenvalue weighted by atomic mass is 32.2. The summed E-state index contributed by atoms with van der Waals surface area (Å²) < 4.78 is 39.8. The molecule has 228 valence electrons. The van der Waals surface area contributed by atoms with Gasteiger partial charge in [-0.1, -0.05) is 44.2 Å². The Morgan fingerprint density at radius 2 is 1.71 bits per heavy atom. The Morgan fingerprint density at radius 3 is 2.29 bits per heavy atom. The van der Waals surface area contributed by atoms with Crippen molar-refractivity contribution in [2.75, 3.05) is 38.6 Å². The fourth-order valence-corrected chi connectivity index (χ4v) is 6.95. The number of ether oxygens (including phenoxy) is 2. The van der Waals surface area contributed by atoms with Crippen molar-refractivity contribution in [2.24, 2.45) is 11.8 Å². The van der Waals surface area contributed by atoms with Crippen molar-refractivity contribution in [3.8, 4) is 0 Å². The smallest absolute Gasteiger partial charge is 0.407 e. The highest BCUT2D eigenvalue weighted by Gasteiger charge is 2.49. The third kappa shape index (κ3) is 8.40. The summed E-state index contributed by atoms with van der Waals surface area (Å²) >= 11 is 0. The SMILES string of the molecule is CC(C)CN(C[C@@H](O)[C@H](Cc1ccccc1)N(C(=O)O)[C@H]1CO[C@H]2OCC[C@H]21)S(=O)(=O)c1ccc(N)cc1.CCO. The second-order valence-electron chi connectivity index (χ2n) is 10.7. The lowest BCUT2D eigenvalue weighted by atomic mass is 9.93. The Labute approximate surface area is 242 Å². The molecule has 0 bridgehead atoms. The number of hydrogen-bond acceptors (Lipinski definition) is 8. The van der Waals surface area contributed by atoms with E-state index in [0.29, 0.717) is 18.7 Å². The first kappa shape index (κ1) is 32.8. The number of aliphatic hydroxyl groups is 2. The van der Waals surface area contributed by atoms with Gasteiger partial charge in [0.15, 0.2) is 6.29 Å². The van der Waals surface area contributed by atoms with Crippen LogP contribution < -0.4 is 5.73 Å². The number of sulfonamides is 1. The Bertz CT molecular complexity index is 1200. The molecule has 2 saturated heterocycles. The van der Waals surface area contributed by atoms with Crippen LogP contribution in [0.1, 0.15) is 32.8 Å². The number of aliphatic hydroxyl groups excluding tert-OH is 2. The Hall–Kier alpha value is -2.74. The molecule has 5 atom stereocenters. The number of nitrogen functional groups attached to an aromatic ring is 1. The third-order valence-electron chi connectivity index (χ3n) is 7.15. The molecule has 41 heavy (non-hydrogen) atoms. The van der Waals surface area contributed by atoms with Crippen LogP contribution in [-0.4, -0.2) is 96.4 Å². The van der Waals surface area contributed by atoms with Crippen molar-refractivity contribution in [1.29, 1.82) is 0 Å². The maximum atomic E-state index is 13.6. The van der Waals surface area contributed by atoms with Crippen LogP contribution in [0.15, 0.2) is 59.5 Å². The summed E-state index contributed by atoms with van der Waals surface area (Å²) in [5.41, 5.74) is 7.02. The average Bonchev–Trinajstić information content (AvgIpc) is 3.54. The molecule has 2 fully saturated rings. The molecule has 4 rings (SSSR count). The minimum atomic E-state index is -3.99. The van der Waals surface area contributed by atoms with Crippen molar-refractivity contribution >= 4 is 21.8 Å². The van der Waals surface area contributed by atoms with Gasteiger partial charge in [-0.2, -0.15) is 4.31 Å². The number of nitrogens with zero attached hydrogens (tertiary/aromatic N) is 2. The normalized spacial score (nSPS) is 21.7. The highest BCUT2D eigenvalue weighted by Crippen LogP contribution is 2.36. The molecule has 0 saturated carbocycles. The fourth-order valence-electron chi connectivity index (χ4n) is 5.33. The van der Waals surface area contributed by atoms with E-state index >= 15 is 0 Å². The minimum Gasteiger partial charge on any atom is -0.465 e.